The van der Waals surface area contributed by atoms with Gasteiger partial charge in [-0.05, 0) is 80.0 Å². The highest BCUT2D eigenvalue weighted by Gasteiger charge is 2.61. The van der Waals surface area contributed by atoms with E-state index in [1.54, 1.807) is 0 Å². The normalized spacial score (nSPS) is 45.2. The van der Waals surface area contributed by atoms with E-state index in [2.05, 4.69) is 19.0 Å². The van der Waals surface area contributed by atoms with Gasteiger partial charge in [0, 0.05) is 32.1 Å². The van der Waals surface area contributed by atoms with Gasteiger partial charge in [0.2, 0.25) is 0 Å². The van der Waals surface area contributed by atoms with Gasteiger partial charge in [0.1, 0.15) is 12.4 Å². The number of nitrogens with two attached hydrogens (primary N) is 1. The molecule has 0 aromatic carbocycles. The molecule has 0 spiro atoms. The third-order valence-corrected chi connectivity index (χ3v) is 9.18. The second-order valence-corrected chi connectivity index (χ2v) is 10.3. The molecule has 2 N–H and O–H groups in total. The lowest BCUT2D eigenvalue weighted by molar-refractivity contribution is -0.145. The molecule has 29 heavy (non-hydrogen) atoms. The monoisotopic (exact) mass is 426 g/mol. The smallest absolute Gasteiger partial charge is 0.139 e. The number of hydrogen-bond donors (Lipinski definition) is 1. The standard InChI is InChI=1S/C23H38N2O3.ClH/c1-22-8-6-16(25-28-11-10-24)13-20(22)15(14-27-3)12-17-18-4-5-21(26)23(18,2)9-7-19(17)22;/h15,17-20H,4-14,24H2,1-3H3;1H/b25-16-;/t15-,17+,18+,19+,20?,22-,23+;/m1./s1. The van der Waals surface area contributed by atoms with Gasteiger partial charge < -0.3 is 15.3 Å². The van der Waals surface area contributed by atoms with Crippen molar-refractivity contribution in [1.29, 1.82) is 0 Å². The van der Waals surface area contributed by atoms with Crippen LogP contribution in [0.5, 0.6) is 0 Å². The zero-order valence-electron chi connectivity index (χ0n) is 18.3. The maximum Gasteiger partial charge on any atom is 0.139 e. The number of rotatable bonds is 5. The van der Waals surface area contributed by atoms with E-state index >= 15 is 0 Å². The van der Waals surface area contributed by atoms with Gasteiger partial charge in [0.05, 0.1) is 5.71 Å². The predicted molar refractivity (Wildman–Crippen MR) is 117 cm³/mol. The lowest BCUT2D eigenvalue weighted by Crippen LogP contribution is -2.57. The van der Waals surface area contributed by atoms with Gasteiger partial charge in [0.25, 0.3) is 0 Å². The van der Waals surface area contributed by atoms with E-state index in [0.29, 0.717) is 48.0 Å². The Balaban J connectivity index is 0.00000240. The van der Waals surface area contributed by atoms with Crippen LogP contribution in [0.3, 0.4) is 0 Å². The molecule has 4 aliphatic carbocycles. The molecule has 0 aromatic rings. The molecule has 4 rings (SSSR count). The number of ether oxygens (including phenoxy) is 1. The average molecular weight is 427 g/mol. The average Bonchev–Trinajstić information content (AvgIpc) is 2.98. The molecule has 1 unspecified atom stereocenters. The van der Waals surface area contributed by atoms with E-state index < -0.39 is 0 Å². The summed E-state index contributed by atoms with van der Waals surface area (Å²) in [4.78, 5) is 18.1. The molecule has 0 bridgehead atoms. The number of carbonyl (C=O) groups excluding carboxylic acids is 1. The second-order valence-electron chi connectivity index (χ2n) is 10.3. The van der Waals surface area contributed by atoms with Crippen LogP contribution >= 0.6 is 12.4 Å². The summed E-state index contributed by atoms with van der Waals surface area (Å²) < 4.78 is 5.69. The van der Waals surface area contributed by atoms with Crippen molar-refractivity contribution in [3.05, 3.63) is 0 Å². The Kier molecular flexibility index (Phi) is 7.02. The minimum absolute atomic E-state index is 0. The molecule has 0 aromatic heterocycles. The van der Waals surface area contributed by atoms with Crippen LogP contribution < -0.4 is 5.73 Å². The topological polar surface area (TPSA) is 73.9 Å². The van der Waals surface area contributed by atoms with Crippen LogP contribution in [0.4, 0.5) is 0 Å². The van der Waals surface area contributed by atoms with E-state index in [1.807, 2.05) is 7.11 Å². The molecule has 0 amide bonds. The fourth-order valence-electron chi connectivity index (χ4n) is 7.74. The molecule has 0 heterocycles. The van der Waals surface area contributed by atoms with Crippen LogP contribution in [0.15, 0.2) is 5.16 Å². The molecular weight excluding hydrogens is 388 g/mol. The van der Waals surface area contributed by atoms with E-state index in [4.69, 9.17) is 15.3 Å². The fourth-order valence-corrected chi connectivity index (χ4v) is 7.74. The Morgan fingerprint density at radius 3 is 2.66 bits per heavy atom. The molecule has 4 saturated carbocycles. The van der Waals surface area contributed by atoms with Gasteiger partial charge in [-0.15, -0.1) is 12.4 Å². The molecule has 166 valence electrons. The van der Waals surface area contributed by atoms with Crippen molar-refractivity contribution < 1.29 is 14.4 Å². The number of nitrogens with zero attached hydrogens (tertiary/aromatic N) is 1. The number of halogens is 1. The van der Waals surface area contributed by atoms with Crippen LogP contribution in [-0.4, -0.2) is 38.4 Å². The van der Waals surface area contributed by atoms with Crippen molar-refractivity contribution in [3.8, 4) is 0 Å². The molecule has 5 nitrogen and oxygen atoms in total. The first-order valence-corrected chi connectivity index (χ1v) is 11.3. The van der Waals surface area contributed by atoms with Crippen molar-refractivity contribution in [2.45, 2.75) is 65.2 Å². The summed E-state index contributed by atoms with van der Waals surface area (Å²) in [6, 6.07) is 0. The number of fused-ring (bicyclic) bond motifs is 5. The highest BCUT2D eigenvalue weighted by atomic mass is 35.5. The van der Waals surface area contributed by atoms with Gasteiger partial charge in [0.15, 0.2) is 0 Å². The molecule has 7 atom stereocenters. The number of Topliss-reactive ketones (excluding diaryl/α,β-unsaturated/α-hetero) is 1. The van der Waals surface area contributed by atoms with Crippen LogP contribution in [-0.2, 0) is 14.4 Å². The van der Waals surface area contributed by atoms with Crippen molar-refractivity contribution in [2.24, 2.45) is 51.3 Å². The summed E-state index contributed by atoms with van der Waals surface area (Å²) in [5.74, 6) is 3.68. The molecule has 4 aliphatic rings. The highest BCUT2D eigenvalue weighted by Crippen LogP contribution is 2.66. The third-order valence-electron chi connectivity index (χ3n) is 9.18. The SMILES string of the molecule is COC[C@H]1C[C@@H]2[C@H](CC[C@]3(C)C(=O)CC[C@@H]23)[C@@]2(C)CC/C(=N/OCCN)CC12.Cl. The number of methoxy groups -OCH3 is 1. The van der Waals surface area contributed by atoms with Crippen molar-refractivity contribution >= 4 is 23.9 Å². The van der Waals surface area contributed by atoms with E-state index in [-0.39, 0.29) is 17.8 Å². The Morgan fingerprint density at radius 2 is 1.93 bits per heavy atom. The maximum atomic E-state index is 12.7. The van der Waals surface area contributed by atoms with Crippen LogP contribution in [0.25, 0.3) is 0 Å². The number of oxime groups is 1. The summed E-state index contributed by atoms with van der Waals surface area (Å²) in [5.41, 5.74) is 7.00. The molecule has 0 radical (unpaired) electrons. The molecule has 0 saturated heterocycles. The Labute approximate surface area is 181 Å². The van der Waals surface area contributed by atoms with E-state index in [1.165, 1.54) is 25.0 Å². The maximum absolute atomic E-state index is 12.7. The van der Waals surface area contributed by atoms with Gasteiger partial charge in [-0.1, -0.05) is 19.0 Å². The summed E-state index contributed by atoms with van der Waals surface area (Å²) in [5, 5.41) is 4.42. The van der Waals surface area contributed by atoms with Crippen LogP contribution in [0.2, 0.25) is 0 Å². The van der Waals surface area contributed by atoms with Crippen molar-refractivity contribution in [2.75, 3.05) is 26.9 Å². The largest absolute Gasteiger partial charge is 0.395 e. The van der Waals surface area contributed by atoms with Crippen molar-refractivity contribution in [3.63, 3.8) is 0 Å². The Hall–Kier alpha value is -0.650. The first-order valence-electron chi connectivity index (χ1n) is 11.3. The summed E-state index contributed by atoms with van der Waals surface area (Å²) >= 11 is 0. The number of hydrogen-bond acceptors (Lipinski definition) is 5. The highest BCUT2D eigenvalue weighted by molar-refractivity contribution is 5.87. The summed E-state index contributed by atoms with van der Waals surface area (Å²) in [7, 11) is 1.83. The summed E-state index contributed by atoms with van der Waals surface area (Å²) in [6.07, 6.45) is 8.66. The van der Waals surface area contributed by atoms with Crippen molar-refractivity contribution in [1.82, 2.24) is 0 Å². The second kappa shape index (κ2) is 8.84. The number of ketones is 1. The van der Waals surface area contributed by atoms with Crippen LogP contribution in [0, 0.1) is 40.4 Å². The molecule has 6 heteroatoms. The zero-order chi connectivity index (χ0) is 19.9. The summed E-state index contributed by atoms with van der Waals surface area (Å²) in [6.45, 7) is 6.62. The quantitative estimate of drug-likeness (QED) is 0.527. The molecule has 0 aliphatic heterocycles. The lowest BCUT2D eigenvalue weighted by Gasteiger charge is -2.61. The van der Waals surface area contributed by atoms with E-state index in [0.717, 1.165) is 44.6 Å². The Bertz CT molecular complexity index is 642. The minimum atomic E-state index is -0.0562. The van der Waals surface area contributed by atoms with Gasteiger partial charge >= 0.3 is 0 Å². The Morgan fingerprint density at radius 1 is 1.14 bits per heavy atom. The first-order chi connectivity index (χ1) is 13.4. The van der Waals surface area contributed by atoms with E-state index in [9.17, 15) is 4.79 Å². The van der Waals surface area contributed by atoms with Gasteiger partial charge in [-0.3, -0.25) is 4.79 Å². The predicted octanol–water partition coefficient (Wildman–Crippen LogP) is 4.22. The van der Waals surface area contributed by atoms with Gasteiger partial charge in [-0.25, -0.2) is 0 Å². The lowest BCUT2D eigenvalue weighted by atomic mass is 9.43. The molecule has 4 fully saturated rings. The zero-order valence-corrected chi connectivity index (χ0v) is 19.1. The van der Waals surface area contributed by atoms with Gasteiger partial charge in [-0.2, -0.15) is 0 Å². The fraction of sp³-hybridized carbons (Fsp3) is 0.913. The van der Waals surface area contributed by atoms with Crippen LogP contribution in [0.1, 0.15) is 65.2 Å². The molecular formula is C23H39ClN2O3. The number of carbonyl (C=O) groups is 1. The first kappa shape index (κ1) is 23.0. The minimum Gasteiger partial charge on any atom is -0.395 e. The third kappa shape index (κ3) is 3.76.